The van der Waals surface area contributed by atoms with E-state index in [4.69, 9.17) is 0 Å². The highest BCUT2D eigenvalue weighted by molar-refractivity contribution is 5.96. The van der Waals surface area contributed by atoms with Gasteiger partial charge in [-0.25, -0.2) is 0 Å². The fourth-order valence-electron chi connectivity index (χ4n) is 3.99. The summed E-state index contributed by atoms with van der Waals surface area (Å²) in [5.74, 6) is -0.00891. The summed E-state index contributed by atoms with van der Waals surface area (Å²) in [6.07, 6.45) is 2.42. The number of hydrogen-bond donors (Lipinski definition) is 1. The van der Waals surface area contributed by atoms with E-state index in [2.05, 4.69) is 35.0 Å². The van der Waals surface area contributed by atoms with Gasteiger partial charge in [0.1, 0.15) is 6.04 Å². The molecular weight excluding hydrogens is 328 g/mol. The second-order valence-electron chi connectivity index (χ2n) is 7.46. The van der Waals surface area contributed by atoms with Gasteiger partial charge < -0.3 is 15.1 Å². The normalized spacial score (nSPS) is 21.3. The van der Waals surface area contributed by atoms with E-state index in [9.17, 15) is 9.59 Å². The number of likely N-dealkylation sites (N-methyl/N-ethyl adjacent to an activating group) is 1. The van der Waals surface area contributed by atoms with Crippen LogP contribution in [0.2, 0.25) is 0 Å². The quantitative estimate of drug-likeness (QED) is 0.888. The maximum atomic E-state index is 13.1. The summed E-state index contributed by atoms with van der Waals surface area (Å²) in [6.45, 7) is 8.10. The molecule has 1 N–H and O–H groups in total. The first-order valence-corrected chi connectivity index (χ1v) is 9.63. The summed E-state index contributed by atoms with van der Waals surface area (Å²) in [6, 6.07) is 7.89. The van der Waals surface area contributed by atoms with Gasteiger partial charge in [0.25, 0.3) is 5.91 Å². The lowest BCUT2D eigenvalue weighted by Crippen LogP contribution is -2.61. The van der Waals surface area contributed by atoms with Crippen LogP contribution in [0, 0.1) is 0 Å². The zero-order chi connectivity index (χ0) is 18.7. The second kappa shape index (κ2) is 8.08. The zero-order valence-corrected chi connectivity index (χ0v) is 16.1. The first kappa shape index (κ1) is 18.7. The van der Waals surface area contributed by atoms with Gasteiger partial charge in [-0.15, -0.1) is 0 Å². The molecule has 3 rings (SSSR count). The van der Waals surface area contributed by atoms with Crippen molar-refractivity contribution in [1.82, 2.24) is 15.1 Å². The van der Waals surface area contributed by atoms with Crippen LogP contribution in [0.25, 0.3) is 0 Å². The van der Waals surface area contributed by atoms with Crippen LogP contribution < -0.4 is 10.2 Å². The molecule has 2 heterocycles. The molecule has 0 unspecified atom stereocenters. The summed E-state index contributed by atoms with van der Waals surface area (Å²) in [5.41, 5.74) is 1.83. The standard InChI is InChI=1S/C20H30N4O2/c1-15(2)24-12-11-23(14-18(24)19(25)21-3)20(26)16-7-6-8-17(13-16)22-9-4-5-10-22/h6-8,13,15,18H,4-5,9-12,14H2,1-3H3,(H,21,25)/t18-/m0/s1. The Balaban J connectivity index is 1.75. The third-order valence-electron chi connectivity index (χ3n) is 5.49. The summed E-state index contributed by atoms with van der Waals surface area (Å²) in [7, 11) is 1.65. The largest absolute Gasteiger partial charge is 0.372 e. The molecule has 0 saturated carbocycles. The average molecular weight is 358 g/mol. The van der Waals surface area contributed by atoms with Gasteiger partial charge in [0.15, 0.2) is 0 Å². The number of hydrogen-bond acceptors (Lipinski definition) is 4. The Labute approximate surface area is 156 Å². The van der Waals surface area contributed by atoms with E-state index in [1.54, 1.807) is 7.05 Å². The van der Waals surface area contributed by atoms with Crippen LogP contribution in [0.4, 0.5) is 5.69 Å². The number of benzene rings is 1. The maximum absolute atomic E-state index is 13.1. The van der Waals surface area contributed by atoms with Crippen LogP contribution in [0.15, 0.2) is 24.3 Å². The molecular formula is C20H30N4O2. The third-order valence-corrected chi connectivity index (χ3v) is 5.49. The van der Waals surface area contributed by atoms with Crippen molar-refractivity contribution in [2.45, 2.75) is 38.8 Å². The van der Waals surface area contributed by atoms with Crippen LogP contribution in [0.5, 0.6) is 0 Å². The lowest BCUT2D eigenvalue weighted by molar-refractivity contribution is -0.128. The van der Waals surface area contributed by atoms with Crippen molar-refractivity contribution < 1.29 is 9.59 Å². The van der Waals surface area contributed by atoms with Gasteiger partial charge in [0.05, 0.1) is 0 Å². The third kappa shape index (κ3) is 3.85. The SMILES string of the molecule is CNC(=O)[C@@H]1CN(C(=O)c2cccc(N3CCCC3)c2)CCN1C(C)C. The number of piperazine rings is 1. The van der Waals surface area contributed by atoms with Gasteiger partial charge in [0, 0.05) is 57.1 Å². The Kier molecular flexibility index (Phi) is 5.81. The van der Waals surface area contributed by atoms with Crippen molar-refractivity contribution in [3.05, 3.63) is 29.8 Å². The highest BCUT2D eigenvalue weighted by atomic mass is 16.2. The second-order valence-corrected chi connectivity index (χ2v) is 7.46. The molecule has 0 aromatic heterocycles. The number of carbonyl (C=O) groups excluding carboxylic acids is 2. The molecule has 6 heteroatoms. The summed E-state index contributed by atoms with van der Waals surface area (Å²) < 4.78 is 0. The zero-order valence-electron chi connectivity index (χ0n) is 16.1. The Hall–Kier alpha value is -2.08. The number of rotatable bonds is 4. The Morgan fingerprint density at radius 3 is 2.50 bits per heavy atom. The van der Waals surface area contributed by atoms with Crippen molar-refractivity contribution in [1.29, 1.82) is 0 Å². The molecule has 2 aliphatic heterocycles. The van der Waals surface area contributed by atoms with Gasteiger partial charge in [-0.3, -0.25) is 14.5 Å². The minimum Gasteiger partial charge on any atom is -0.372 e. The lowest BCUT2D eigenvalue weighted by Gasteiger charge is -2.42. The van der Waals surface area contributed by atoms with Gasteiger partial charge in [-0.2, -0.15) is 0 Å². The predicted molar refractivity (Wildman–Crippen MR) is 103 cm³/mol. The van der Waals surface area contributed by atoms with Crippen molar-refractivity contribution in [2.24, 2.45) is 0 Å². The van der Waals surface area contributed by atoms with E-state index in [1.165, 1.54) is 12.8 Å². The predicted octanol–water partition coefficient (Wildman–Crippen LogP) is 1.57. The van der Waals surface area contributed by atoms with E-state index in [0.717, 1.165) is 18.8 Å². The molecule has 0 bridgehead atoms. The van der Waals surface area contributed by atoms with Crippen LogP contribution in [-0.2, 0) is 4.79 Å². The van der Waals surface area contributed by atoms with E-state index < -0.39 is 0 Å². The van der Waals surface area contributed by atoms with Gasteiger partial charge in [-0.05, 0) is 44.9 Å². The molecule has 2 aliphatic rings. The van der Waals surface area contributed by atoms with Crippen LogP contribution in [0.3, 0.4) is 0 Å². The molecule has 142 valence electrons. The van der Waals surface area contributed by atoms with Gasteiger partial charge in [-0.1, -0.05) is 6.07 Å². The highest BCUT2D eigenvalue weighted by Crippen LogP contribution is 2.23. The lowest BCUT2D eigenvalue weighted by atomic mass is 10.1. The van der Waals surface area contributed by atoms with Crippen LogP contribution >= 0.6 is 0 Å². The molecule has 0 spiro atoms. The fraction of sp³-hybridized carbons (Fsp3) is 0.600. The number of anilines is 1. The number of amides is 2. The van der Waals surface area contributed by atoms with Crippen LogP contribution in [-0.4, -0.2) is 73.5 Å². The number of carbonyl (C=O) groups is 2. The van der Waals surface area contributed by atoms with Gasteiger partial charge in [0.2, 0.25) is 5.91 Å². The minimum absolute atomic E-state index is 0.0170. The monoisotopic (exact) mass is 358 g/mol. The van der Waals surface area contributed by atoms with Gasteiger partial charge >= 0.3 is 0 Å². The summed E-state index contributed by atoms with van der Waals surface area (Å²) in [5, 5.41) is 2.74. The first-order chi connectivity index (χ1) is 12.5. The summed E-state index contributed by atoms with van der Waals surface area (Å²) in [4.78, 5) is 31.7. The Bertz CT molecular complexity index is 655. The number of nitrogens with one attached hydrogen (secondary N) is 1. The molecule has 0 radical (unpaired) electrons. The smallest absolute Gasteiger partial charge is 0.254 e. The number of nitrogens with zero attached hydrogens (tertiary/aromatic N) is 3. The highest BCUT2D eigenvalue weighted by Gasteiger charge is 2.35. The molecule has 1 aromatic carbocycles. The maximum Gasteiger partial charge on any atom is 0.254 e. The van der Waals surface area contributed by atoms with E-state index in [0.29, 0.717) is 25.2 Å². The van der Waals surface area contributed by atoms with E-state index >= 15 is 0 Å². The minimum atomic E-state index is -0.292. The molecule has 2 saturated heterocycles. The van der Waals surface area contributed by atoms with Crippen molar-refractivity contribution in [3.63, 3.8) is 0 Å². The summed E-state index contributed by atoms with van der Waals surface area (Å²) >= 11 is 0. The topological polar surface area (TPSA) is 55.9 Å². The van der Waals surface area contributed by atoms with Crippen molar-refractivity contribution in [3.8, 4) is 0 Å². The Morgan fingerprint density at radius 2 is 1.85 bits per heavy atom. The molecule has 1 atom stereocenters. The van der Waals surface area contributed by atoms with E-state index in [1.807, 2.05) is 23.1 Å². The molecule has 26 heavy (non-hydrogen) atoms. The molecule has 2 fully saturated rings. The molecule has 6 nitrogen and oxygen atoms in total. The molecule has 2 amide bonds. The molecule has 1 aromatic rings. The Morgan fingerprint density at radius 1 is 1.12 bits per heavy atom. The first-order valence-electron chi connectivity index (χ1n) is 9.63. The van der Waals surface area contributed by atoms with Crippen molar-refractivity contribution in [2.75, 3.05) is 44.7 Å². The fourth-order valence-corrected chi connectivity index (χ4v) is 3.99. The van der Waals surface area contributed by atoms with Crippen LogP contribution in [0.1, 0.15) is 37.0 Å². The molecule has 0 aliphatic carbocycles. The van der Waals surface area contributed by atoms with E-state index in [-0.39, 0.29) is 23.9 Å². The van der Waals surface area contributed by atoms with Crippen molar-refractivity contribution >= 4 is 17.5 Å². The average Bonchev–Trinajstić information content (AvgIpc) is 3.21.